The molecule has 7 nitrogen and oxygen atoms in total. The van der Waals surface area contributed by atoms with E-state index in [4.69, 9.17) is 14.6 Å². The Kier molecular flexibility index (Phi) is 4.94. The van der Waals surface area contributed by atoms with Crippen molar-refractivity contribution in [1.29, 1.82) is 0 Å². The topological polar surface area (TPSA) is 102 Å². The van der Waals surface area contributed by atoms with Gasteiger partial charge < -0.3 is 19.6 Å². The molecule has 4 rings (SSSR count). The van der Waals surface area contributed by atoms with Crippen molar-refractivity contribution in [1.82, 2.24) is 9.97 Å². The molecule has 0 radical (unpaired) electrons. The van der Waals surface area contributed by atoms with Crippen molar-refractivity contribution in [2.45, 2.75) is 12.8 Å². The van der Waals surface area contributed by atoms with Crippen molar-refractivity contribution in [3.63, 3.8) is 0 Å². The van der Waals surface area contributed by atoms with E-state index in [1.54, 1.807) is 14.2 Å². The second kappa shape index (κ2) is 7.56. The molecule has 8 heteroatoms. The Morgan fingerprint density at radius 2 is 1.83 bits per heavy atom. The van der Waals surface area contributed by atoms with Gasteiger partial charge in [-0.05, 0) is 29.3 Å². The average molecular weight is 410 g/mol. The Labute approximate surface area is 169 Å². The molecule has 29 heavy (non-hydrogen) atoms. The molecular weight excluding hydrogens is 392 g/mol. The predicted molar refractivity (Wildman–Crippen MR) is 112 cm³/mol. The summed E-state index contributed by atoms with van der Waals surface area (Å²) in [5.41, 5.74) is 1.64. The summed E-state index contributed by atoms with van der Waals surface area (Å²) in [5, 5.41) is 10.2. The van der Waals surface area contributed by atoms with Crippen molar-refractivity contribution < 1.29 is 19.4 Å². The number of methoxy groups -OCH3 is 2. The fraction of sp³-hybridized carbons (Fsp3) is 0.190. The largest absolute Gasteiger partial charge is 0.497 e. The summed E-state index contributed by atoms with van der Waals surface area (Å²) >= 11 is 1.41. The maximum Gasteiger partial charge on any atom is 0.303 e. The minimum Gasteiger partial charge on any atom is -0.497 e. The number of nitrogens with one attached hydrogen (secondary N) is 1. The molecule has 0 aliphatic carbocycles. The number of aliphatic carboxylic acids is 1. The maximum atomic E-state index is 12.6. The van der Waals surface area contributed by atoms with Crippen LogP contribution >= 0.6 is 11.3 Å². The number of aryl methyl sites for hydroxylation is 1. The number of hydrogen-bond donors (Lipinski definition) is 2. The molecule has 2 aromatic heterocycles. The molecule has 0 aliphatic rings. The van der Waals surface area contributed by atoms with Crippen molar-refractivity contribution in [2.75, 3.05) is 14.2 Å². The molecule has 0 amide bonds. The third-order valence-corrected chi connectivity index (χ3v) is 5.70. The van der Waals surface area contributed by atoms with E-state index < -0.39 is 5.97 Å². The van der Waals surface area contributed by atoms with Gasteiger partial charge in [-0.2, -0.15) is 0 Å². The Bertz CT molecular complexity index is 1270. The maximum absolute atomic E-state index is 12.6. The van der Waals surface area contributed by atoms with Crippen molar-refractivity contribution >= 4 is 37.6 Å². The second-order valence-electron chi connectivity index (χ2n) is 6.50. The van der Waals surface area contributed by atoms with E-state index in [0.29, 0.717) is 27.5 Å². The molecule has 0 aliphatic heterocycles. The molecule has 0 fully saturated rings. The zero-order valence-corrected chi connectivity index (χ0v) is 16.6. The molecular formula is C21H18N2O5S. The molecule has 0 saturated carbocycles. The van der Waals surface area contributed by atoms with E-state index >= 15 is 0 Å². The van der Waals surface area contributed by atoms with Crippen LogP contribution in [-0.2, 0) is 11.2 Å². The van der Waals surface area contributed by atoms with Gasteiger partial charge in [-0.15, -0.1) is 11.3 Å². The second-order valence-corrected chi connectivity index (χ2v) is 7.53. The van der Waals surface area contributed by atoms with Gasteiger partial charge in [0.25, 0.3) is 5.56 Å². The zero-order chi connectivity index (χ0) is 20.5. The number of rotatable bonds is 6. The number of carbonyl (C=O) groups is 1. The van der Waals surface area contributed by atoms with Crippen LogP contribution in [0.25, 0.3) is 31.4 Å². The number of nitrogens with zero attached hydrogens (tertiary/aromatic N) is 1. The third kappa shape index (κ3) is 3.66. The highest BCUT2D eigenvalue weighted by molar-refractivity contribution is 7.25. The Balaban J connectivity index is 1.82. The van der Waals surface area contributed by atoms with Crippen LogP contribution in [0.1, 0.15) is 12.2 Å². The SMILES string of the molecule is COc1cc(OC)cc(-c2ccc3c(c2)sc2nc(CCC(=O)O)[nH]c(=O)c23)c1. The number of benzene rings is 2. The van der Waals surface area contributed by atoms with Gasteiger partial charge in [0.2, 0.25) is 0 Å². The first-order chi connectivity index (χ1) is 14.0. The number of carboxylic acids is 1. The van der Waals surface area contributed by atoms with Crippen molar-refractivity contribution in [2.24, 2.45) is 0 Å². The van der Waals surface area contributed by atoms with Gasteiger partial charge in [-0.1, -0.05) is 12.1 Å². The molecule has 2 heterocycles. The van der Waals surface area contributed by atoms with Gasteiger partial charge in [-0.25, -0.2) is 4.98 Å². The highest BCUT2D eigenvalue weighted by Crippen LogP contribution is 2.36. The summed E-state index contributed by atoms with van der Waals surface area (Å²) in [6.07, 6.45) is 0.102. The third-order valence-electron chi connectivity index (χ3n) is 4.65. The van der Waals surface area contributed by atoms with Crippen LogP contribution in [0.15, 0.2) is 41.2 Å². The van der Waals surface area contributed by atoms with E-state index in [1.807, 2.05) is 36.4 Å². The molecule has 0 atom stereocenters. The quantitative estimate of drug-likeness (QED) is 0.501. The lowest BCUT2D eigenvalue weighted by molar-refractivity contribution is -0.137. The fourth-order valence-corrected chi connectivity index (χ4v) is 4.36. The van der Waals surface area contributed by atoms with Gasteiger partial charge in [-0.3, -0.25) is 9.59 Å². The number of ether oxygens (including phenoxy) is 2. The van der Waals surface area contributed by atoms with Crippen LogP contribution < -0.4 is 15.0 Å². The summed E-state index contributed by atoms with van der Waals surface area (Å²) in [5.74, 6) is 0.839. The van der Waals surface area contributed by atoms with E-state index in [-0.39, 0.29) is 18.4 Å². The zero-order valence-electron chi connectivity index (χ0n) is 15.8. The highest BCUT2D eigenvalue weighted by Gasteiger charge is 2.14. The number of fused-ring (bicyclic) bond motifs is 3. The molecule has 0 spiro atoms. The summed E-state index contributed by atoms with van der Waals surface area (Å²) in [4.78, 5) is 31.1. The lowest BCUT2D eigenvalue weighted by Gasteiger charge is -2.08. The van der Waals surface area contributed by atoms with Gasteiger partial charge in [0.15, 0.2) is 0 Å². The smallest absolute Gasteiger partial charge is 0.303 e. The van der Waals surface area contributed by atoms with Crippen molar-refractivity contribution in [3.8, 4) is 22.6 Å². The highest BCUT2D eigenvalue weighted by atomic mass is 32.1. The van der Waals surface area contributed by atoms with Crippen molar-refractivity contribution in [3.05, 3.63) is 52.6 Å². The number of aromatic nitrogens is 2. The van der Waals surface area contributed by atoms with Crippen LogP contribution in [0.3, 0.4) is 0 Å². The van der Waals surface area contributed by atoms with Crippen LogP contribution in [-0.4, -0.2) is 35.3 Å². The summed E-state index contributed by atoms with van der Waals surface area (Å²) in [6, 6.07) is 11.5. The van der Waals surface area contributed by atoms with Crippen LogP contribution in [0.5, 0.6) is 11.5 Å². The van der Waals surface area contributed by atoms with Gasteiger partial charge in [0.1, 0.15) is 22.2 Å². The monoisotopic (exact) mass is 410 g/mol. The average Bonchev–Trinajstić information content (AvgIpc) is 3.09. The number of carboxylic acid groups (broad SMARTS) is 1. The molecule has 0 bridgehead atoms. The molecule has 2 N–H and O–H groups in total. The van der Waals surface area contributed by atoms with Crippen LogP contribution in [0.4, 0.5) is 0 Å². The minimum absolute atomic E-state index is 0.0822. The number of hydrogen-bond acceptors (Lipinski definition) is 6. The molecule has 4 aromatic rings. The lowest BCUT2D eigenvalue weighted by Crippen LogP contribution is -2.12. The van der Waals surface area contributed by atoms with E-state index in [2.05, 4.69) is 9.97 Å². The first kappa shape index (κ1) is 18.9. The van der Waals surface area contributed by atoms with E-state index in [1.165, 1.54) is 11.3 Å². The van der Waals surface area contributed by atoms with Crippen LogP contribution in [0.2, 0.25) is 0 Å². The Morgan fingerprint density at radius 1 is 1.10 bits per heavy atom. The molecule has 0 unspecified atom stereocenters. The minimum atomic E-state index is -0.928. The summed E-state index contributed by atoms with van der Waals surface area (Å²) < 4.78 is 11.6. The number of thiophene rings is 1. The first-order valence-electron chi connectivity index (χ1n) is 8.89. The standard InChI is InChI=1S/C21H18N2O5S/c1-27-13-7-12(8-14(10-13)28-2)11-3-4-15-16(9-11)29-21-19(15)20(26)22-17(23-21)5-6-18(24)25/h3-4,7-10H,5-6H2,1-2H3,(H,24,25)(H,22,23,26). The fourth-order valence-electron chi connectivity index (χ4n) is 3.22. The Hall–Kier alpha value is -3.39. The first-order valence-corrected chi connectivity index (χ1v) is 9.71. The van der Waals surface area contributed by atoms with Gasteiger partial charge in [0, 0.05) is 22.6 Å². The van der Waals surface area contributed by atoms with Gasteiger partial charge >= 0.3 is 5.97 Å². The molecule has 0 saturated heterocycles. The van der Waals surface area contributed by atoms with Crippen LogP contribution in [0, 0.1) is 0 Å². The number of H-pyrrole nitrogens is 1. The molecule has 2 aromatic carbocycles. The predicted octanol–water partition coefficient (Wildman–Crippen LogP) is 3.84. The number of aromatic amines is 1. The summed E-state index contributed by atoms with van der Waals surface area (Å²) in [6.45, 7) is 0. The van der Waals surface area contributed by atoms with E-state index in [0.717, 1.165) is 21.2 Å². The summed E-state index contributed by atoms with van der Waals surface area (Å²) in [7, 11) is 3.21. The Morgan fingerprint density at radius 3 is 2.48 bits per heavy atom. The molecule has 148 valence electrons. The normalized spacial score (nSPS) is 11.1. The van der Waals surface area contributed by atoms with E-state index in [9.17, 15) is 9.59 Å². The van der Waals surface area contributed by atoms with Gasteiger partial charge in [0.05, 0.1) is 26.0 Å². The lowest BCUT2D eigenvalue weighted by atomic mass is 10.0.